The van der Waals surface area contributed by atoms with E-state index in [1.54, 1.807) is 0 Å². The number of aryl methyl sites for hydroxylation is 1. The second-order valence-corrected chi connectivity index (χ2v) is 15.3. The van der Waals surface area contributed by atoms with Gasteiger partial charge < -0.3 is 14.8 Å². The number of nitrogens with one attached hydrogen (secondary N) is 1. The fourth-order valence-corrected chi connectivity index (χ4v) is 8.57. The zero-order valence-corrected chi connectivity index (χ0v) is 33.0. The molecule has 0 bridgehead atoms. The van der Waals surface area contributed by atoms with Crippen molar-refractivity contribution in [1.29, 1.82) is 0 Å². The van der Waals surface area contributed by atoms with Crippen LogP contribution in [0, 0.1) is 0 Å². The van der Waals surface area contributed by atoms with Gasteiger partial charge in [0, 0.05) is 45.4 Å². The van der Waals surface area contributed by atoms with Gasteiger partial charge in [0.2, 0.25) is 0 Å². The summed E-state index contributed by atoms with van der Waals surface area (Å²) in [4.78, 5) is 2.40. The zero-order chi connectivity index (χ0) is 39.4. The van der Waals surface area contributed by atoms with Crippen molar-refractivity contribution < 1.29 is 0 Å². The average Bonchev–Trinajstić information content (AvgIpc) is 3.63. The van der Waals surface area contributed by atoms with E-state index in [4.69, 9.17) is 0 Å². The largest absolute Gasteiger partial charge is 0.362 e. The fraction of sp³-hybridized carbons (Fsp3) is 0.0714. The molecule has 3 nitrogen and oxygen atoms in total. The average molecular weight is 760 g/mol. The zero-order valence-electron chi connectivity index (χ0n) is 33.0. The van der Waals surface area contributed by atoms with Crippen LogP contribution in [-0.4, -0.2) is 4.57 Å². The topological polar surface area (TPSA) is 20.2 Å². The summed E-state index contributed by atoms with van der Waals surface area (Å²) in [5.41, 5.74) is 14.3. The predicted octanol–water partition coefficient (Wildman–Crippen LogP) is 15.1. The second-order valence-electron chi connectivity index (χ2n) is 15.3. The number of anilines is 3. The van der Waals surface area contributed by atoms with Crippen LogP contribution < -0.4 is 10.2 Å². The van der Waals surface area contributed by atoms with Crippen LogP contribution in [0.5, 0.6) is 0 Å². The van der Waals surface area contributed by atoms with Crippen LogP contribution in [0.25, 0.3) is 61.5 Å². The first kappa shape index (κ1) is 36.0. The molecule has 10 rings (SSSR count). The van der Waals surface area contributed by atoms with E-state index in [0.717, 1.165) is 59.6 Å². The summed E-state index contributed by atoms with van der Waals surface area (Å²) >= 11 is 0. The van der Waals surface area contributed by atoms with Crippen LogP contribution in [0.4, 0.5) is 17.1 Å². The number of allylic oxidation sites excluding steroid dienone is 8. The van der Waals surface area contributed by atoms with Crippen molar-refractivity contribution in [2.24, 2.45) is 0 Å². The van der Waals surface area contributed by atoms with Crippen LogP contribution >= 0.6 is 0 Å². The molecule has 8 aromatic rings. The highest BCUT2D eigenvalue weighted by Crippen LogP contribution is 2.40. The number of hydrogen-bond acceptors (Lipinski definition) is 2. The fourth-order valence-electron chi connectivity index (χ4n) is 8.57. The third kappa shape index (κ3) is 7.47. The lowest BCUT2D eigenvalue weighted by molar-refractivity contribution is 0.985. The van der Waals surface area contributed by atoms with E-state index in [1.807, 2.05) is 6.20 Å². The molecule has 3 heteroatoms. The molecule has 0 amide bonds. The summed E-state index contributed by atoms with van der Waals surface area (Å²) in [6.45, 7) is 0. The van der Waals surface area contributed by atoms with Crippen LogP contribution in [0.15, 0.2) is 212 Å². The molecule has 2 aliphatic carbocycles. The van der Waals surface area contributed by atoms with Crippen LogP contribution in [0.3, 0.4) is 0 Å². The van der Waals surface area contributed by atoms with Gasteiger partial charge >= 0.3 is 0 Å². The smallest absolute Gasteiger partial charge is 0.0541 e. The first-order chi connectivity index (χ1) is 29.2. The maximum absolute atomic E-state index is 3.64. The van der Waals surface area contributed by atoms with E-state index >= 15 is 0 Å². The number of rotatable bonds is 10. The highest BCUT2D eigenvalue weighted by Gasteiger charge is 2.19. The minimum atomic E-state index is 1.01. The Hall–Kier alpha value is -7.36. The molecule has 0 aliphatic heterocycles. The lowest BCUT2D eigenvalue weighted by Crippen LogP contribution is -2.16. The minimum Gasteiger partial charge on any atom is -0.362 e. The van der Waals surface area contributed by atoms with E-state index in [9.17, 15) is 0 Å². The van der Waals surface area contributed by atoms with Crippen LogP contribution in [0.1, 0.15) is 36.0 Å². The summed E-state index contributed by atoms with van der Waals surface area (Å²) in [5.74, 6) is 0. The summed E-state index contributed by atoms with van der Waals surface area (Å²) in [6.07, 6.45) is 28.3. The number of hydrogen-bond donors (Lipinski definition) is 1. The maximum Gasteiger partial charge on any atom is 0.0541 e. The molecule has 7 aromatic carbocycles. The van der Waals surface area contributed by atoms with Gasteiger partial charge in [0.1, 0.15) is 0 Å². The molecule has 0 radical (unpaired) electrons. The van der Waals surface area contributed by atoms with Crippen molar-refractivity contribution in [3.05, 3.63) is 229 Å². The molecule has 0 spiro atoms. The molecular formula is C56H45N3. The van der Waals surface area contributed by atoms with Gasteiger partial charge in [0.15, 0.2) is 0 Å². The Kier molecular flexibility index (Phi) is 9.92. The number of aromatic nitrogens is 1. The van der Waals surface area contributed by atoms with E-state index in [2.05, 4.69) is 227 Å². The second kappa shape index (κ2) is 16.2. The Balaban J connectivity index is 1.04. The van der Waals surface area contributed by atoms with Crippen molar-refractivity contribution in [3.63, 3.8) is 0 Å². The van der Waals surface area contributed by atoms with Crippen molar-refractivity contribution >= 4 is 61.8 Å². The van der Waals surface area contributed by atoms with E-state index in [0.29, 0.717) is 0 Å². The number of para-hydroxylation sites is 2. The lowest BCUT2D eigenvalue weighted by Gasteiger charge is -2.29. The molecule has 0 fully saturated rings. The first-order valence-corrected chi connectivity index (χ1v) is 20.7. The quantitative estimate of drug-likeness (QED) is 0.140. The standard InChI is InChI=1S/C56H45N3/c1(5-17-41-28-29-42-18-10-12-20-44(42)35-41)2-16-34-57-48-36-47(46-31-33-56-54(39-46)53-26-14-15-27-55(53)59(56)50-24-8-4-9-25-50)38-52(40-48)58(49-22-6-3-7-23-49)51-32-30-43-19-11-13-21-45(43)37-51/h1-2,4-6,8-9,11-17,19-40,57H,3,7,10,18H2/b2-1-,17-5-,34-16+. The number of nitrogens with zero attached hydrogens (tertiary/aromatic N) is 2. The van der Waals surface area contributed by atoms with Gasteiger partial charge in [-0.15, -0.1) is 0 Å². The Labute approximate surface area is 346 Å². The van der Waals surface area contributed by atoms with Crippen molar-refractivity contribution in [3.8, 4) is 16.8 Å². The molecule has 0 saturated heterocycles. The Morgan fingerprint density at radius 1 is 0.542 bits per heavy atom. The highest BCUT2D eigenvalue weighted by atomic mass is 15.1. The maximum atomic E-state index is 3.64. The monoisotopic (exact) mass is 759 g/mol. The van der Waals surface area contributed by atoms with E-state index < -0.39 is 0 Å². The van der Waals surface area contributed by atoms with Gasteiger partial charge in [0.25, 0.3) is 0 Å². The van der Waals surface area contributed by atoms with Crippen LogP contribution in [0.2, 0.25) is 0 Å². The highest BCUT2D eigenvalue weighted by molar-refractivity contribution is 6.10. The molecule has 0 saturated carbocycles. The van der Waals surface area contributed by atoms with Crippen molar-refractivity contribution in [1.82, 2.24) is 4.57 Å². The summed E-state index contributed by atoms with van der Waals surface area (Å²) < 4.78 is 2.37. The molecule has 1 N–H and O–H groups in total. The third-order valence-electron chi connectivity index (χ3n) is 11.4. The number of fused-ring (bicyclic) bond motifs is 5. The first-order valence-electron chi connectivity index (χ1n) is 20.7. The van der Waals surface area contributed by atoms with E-state index in [1.165, 1.54) is 55.0 Å². The Morgan fingerprint density at radius 2 is 1.37 bits per heavy atom. The molecular weight excluding hydrogens is 715 g/mol. The van der Waals surface area contributed by atoms with Gasteiger partial charge in [-0.3, -0.25) is 0 Å². The van der Waals surface area contributed by atoms with Gasteiger partial charge in [0.05, 0.1) is 11.0 Å². The normalized spacial score (nSPS) is 13.9. The van der Waals surface area contributed by atoms with Gasteiger partial charge in [-0.25, -0.2) is 0 Å². The molecule has 2 aliphatic rings. The Bertz CT molecular complexity index is 3020. The summed E-state index contributed by atoms with van der Waals surface area (Å²) in [7, 11) is 0. The third-order valence-corrected chi connectivity index (χ3v) is 11.4. The summed E-state index contributed by atoms with van der Waals surface area (Å²) in [6, 6.07) is 55.3. The molecule has 1 heterocycles. The predicted molar refractivity (Wildman–Crippen MR) is 253 cm³/mol. The molecule has 284 valence electrons. The van der Waals surface area contributed by atoms with Gasteiger partial charge in [-0.2, -0.15) is 0 Å². The molecule has 59 heavy (non-hydrogen) atoms. The SMILES string of the molecule is C1=CC(N(c2cc(N/C=C/C=C\C=C/c3ccc4c(c3)C=CCC4)cc(-c3ccc4c(c3)c3ccccc3n4-c3ccccc3)c2)c2ccc3ccccc3c2)=CCC1. The van der Waals surface area contributed by atoms with Crippen molar-refractivity contribution in [2.75, 3.05) is 10.2 Å². The molecule has 0 atom stereocenters. The van der Waals surface area contributed by atoms with Gasteiger partial charge in [-0.05, 0) is 143 Å². The lowest BCUT2D eigenvalue weighted by atomic mass is 9.95. The molecule has 0 unspecified atom stereocenters. The number of benzene rings is 7. The van der Waals surface area contributed by atoms with Gasteiger partial charge in [-0.1, -0.05) is 134 Å². The summed E-state index contributed by atoms with van der Waals surface area (Å²) in [5, 5.41) is 8.56. The molecule has 1 aromatic heterocycles. The van der Waals surface area contributed by atoms with Crippen molar-refractivity contribution in [2.45, 2.75) is 25.7 Å². The van der Waals surface area contributed by atoms with Crippen LogP contribution in [-0.2, 0) is 6.42 Å². The Morgan fingerprint density at radius 3 is 2.29 bits per heavy atom. The van der Waals surface area contributed by atoms with E-state index in [-0.39, 0.29) is 0 Å². The minimum absolute atomic E-state index is 1.01.